The number of alkyl carbamates (subject to hydrolysis) is 1. The lowest BCUT2D eigenvalue weighted by Gasteiger charge is -2.29. The molecule has 2 aliphatic rings. The number of benzene rings is 3. The van der Waals surface area contributed by atoms with Gasteiger partial charge < -0.3 is 39.8 Å². The third-order valence-electron chi connectivity index (χ3n) is 8.45. The number of fused-ring (bicyclic) bond motifs is 1. The van der Waals surface area contributed by atoms with Crippen molar-refractivity contribution in [3.8, 4) is 11.5 Å². The highest BCUT2D eigenvalue weighted by molar-refractivity contribution is 5.78. The lowest BCUT2D eigenvalue weighted by atomic mass is 9.93. The third-order valence-corrected chi connectivity index (χ3v) is 8.45. The Morgan fingerprint density at radius 1 is 0.933 bits per heavy atom. The van der Waals surface area contributed by atoms with Gasteiger partial charge in [-0.1, -0.05) is 66.7 Å². The number of carbonyl (C=O) groups excluding carboxylic acids is 2. The summed E-state index contributed by atoms with van der Waals surface area (Å²) in [6, 6.07) is 21.4. The van der Waals surface area contributed by atoms with Crippen LogP contribution in [0.5, 0.6) is 11.5 Å². The monoisotopic (exact) mass is 618 g/mol. The highest BCUT2D eigenvalue weighted by Gasteiger charge is 2.44. The first-order valence-electron chi connectivity index (χ1n) is 15.4. The van der Waals surface area contributed by atoms with Crippen molar-refractivity contribution in [3.05, 3.63) is 95.1 Å². The molecule has 2 fully saturated rings. The number of carbonyl (C=O) groups is 2. The molecule has 2 aliphatic heterocycles. The maximum Gasteiger partial charge on any atom is 0.407 e. The molecule has 3 aromatic rings. The lowest BCUT2D eigenvalue weighted by molar-refractivity contribution is -0.124. The number of amides is 2. The molecule has 5 rings (SSSR count). The summed E-state index contributed by atoms with van der Waals surface area (Å²) in [4.78, 5) is 26.2. The van der Waals surface area contributed by atoms with Gasteiger partial charge in [-0.25, -0.2) is 4.79 Å². The van der Waals surface area contributed by atoms with E-state index in [9.17, 15) is 19.8 Å². The maximum absolute atomic E-state index is 13.1. The zero-order valence-electron chi connectivity index (χ0n) is 25.7. The van der Waals surface area contributed by atoms with Crippen LogP contribution in [0.15, 0.2) is 72.8 Å². The Balaban J connectivity index is 1.27. The van der Waals surface area contributed by atoms with Gasteiger partial charge in [0.1, 0.15) is 17.6 Å². The van der Waals surface area contributed by atoms with Crippen LogP contribution in [-0.4, -0.2) is 72.6 Å². The molecular weight excluding hydrogens is 576 g/mol. The van der Waals surface area contributed by atoms with Crippen molar-refractivity contribution in [2.45, 2.75) is 70.1 Å². The molecule has 240 valence electrons. The second-order valence-electron chi connectivity index (χ2n) is 11.8. The fourth-order valence-electron chi connectivity index (χ4n) is 6.02. The molecule has 2 heterocycles. The van der Waals surface area contributed by atoms with Gasteiger partial charge in [0.25, 0.3) is 5.91 Å². The number of aromatic hydroxyl groups is 1. The predicted molar refractivity (Wildman–Crippen MR) is 167 cm³/mol. The van der Waals surface area contributed by atoms with Crippen LogP contribution >= 0.6 is 0 Å². The Hall–Kier alpha value is -4.12. The number of hydrogen-bond donors (Lipinski definition) is 4. The molecule has 0 bridgehead atoms. The van der Waals surface area contributed by atoms with E-state index in [4.69, 9.17) is 18.9 Å². The van der Waals surface area contributed by atoms with Crippen LogP contribution in [0.4, 0.5) is 4.79 Å². The summed E-state index contributed by atoms with van der Waals surface area (Å²) in [5, 5.41) is 27.6. The number of rotatable bonds is 13. The van der Waals surface area contributed by atoms with Gasteiger partial charge >= 0.3 is 6.09 Å². The molecule has 3 aromatic carbocycles. The number of aryl methyl sites for hydroxylation is 1. The zero-order valence-corrected chi connectivity index (χ0v) is 25.7. The minimum Gasteiger partial charge on any atom is -0.508 e. The minimum atomic E-state index is -1.02. The highest BCUT2D eigenvalue weighted by Crippen LogP contribution is 2.33. The number of phenols is 1. The number of ether oxygens (including phenoxy) is 4. The zero-order chi connectivity index (χ0) is 31.8. The van der Waals surface area contributed by atoms with E-state index in [1.54, 1.807) is 19.1 Å². The van der Waals surface area contributed by atoms with Crippen LogP contribution in [-0.2, 0) is 31.8 Å². The second kappa shape index (κ2) is 15.2. The van der Waals surface area contributed by atoms with E-state index in [0.717, 1.165) is 23.1 Å². The largest absolute Gasteiger partial charge is 0.508 e. The van der Waals surface area contributed by atoms with Crippen molar-refractivity contribution < 1.29 is 38.7 Å². The Morgan fingerprint density at radius 2 is 1.62 bits per heavy atom. The predicted octanol–water partition coefficient (Wildman–Crippen LogP) is 3.97. The van der Waals surface area contributed by atoms with Gasteiger partial charge in [0.05, 0.1) is 31.3 Å². The average Bonchev–Trinajstić information content (AvgIpc) is 3.65. The summed E-state index contributed by atoms with van der Waals surface area (Å²) in [7, 11) is 0. The third kappa shape index (κ3) is 8.75. The average molecular weight is 619 g/mol. The SMILES string of the molecule is Cc1ccc(O)c(C)c1OCC(=O)N[C@@H](Cc1ccccc1)C[C@H](O)[C@H](Cc1ccccc1)NC(=O)O[C@H]1CO[C@H]2OCC[C@H]21. The summed E-state index contributed by atoms with van der Waals surface area (Å²) in [6.07, 6.45) is -0.689. The summed E-state index contributed by atoms with van der Waals surface area (Å²) in [5.74, 6) is 0.173. The molecule has 10 nitrogen and oxygen atoms in total. The van der Waals surface area contributed by atoms with Gasteiger partial charge in [-0.3, -0.25) is 4.79 Å². The number of phenolic OH excluding ortho intramolecular Hbond substituents is 1. The summed E-state index contributed by atoms with van der Waals surface area (Å²) < 4.78 is 22.7. The molecule has 0 saturated carbocycles. The van der Waals surface area contributed by atoms with Crippen LogP contribution in [0.3, 0.4) is 0 Å². The number of aliphatic hydroxyl groups excluding tert-OH is 1. The topological polar surface area (TPSA) is 136 Å². The molecule has 2 amide bonds. The molecule has 6 atom stereocenters. The van der Waals surface area contributed by atoms with E-state index in [0.29, 0.717) is 30.8 Å². The fraction of sp³-hybridized carbons (Fsp3) is 0.429. The smallest absolute Gasteiger partial charge is 0.407 e. The summed E-state index contributed by atoms with van der Waals surface area (Å²) in [5.41, 5.74) is 3.28. The van der Waals surface area contributed by atoms with Crippen LogP contribution in [0.2, 0.25) is 0 Å². The van der Waals surface area contributed by atoms with Crippen molar-refractivity contribution in [1.29, 1.82) is 0 Å². The van der Waals surface area contributed by atoms with Crippen molar-refractivity contribution in [3.63, 3.8) is 0 Å². The highest BCUT2D eigenvalue weighted by atomic mass is 16.7. The molecule has 0 spiro atoms. The fourth-order valence-corrected chi connectivity index (χ4v) is 6.02. The molecule has 0 unspecified atom stereocenters. The van der Waals surface area contributed by atoms with Gasteiger partial charge in [-0.05, 0) is 62.3 Å². The second-order valence-corrected chi connectivity index (χ2v) is 11.8. The number of nitrogens with one attached hydrogen (secondary N) is 2. The van der Waals surface area contributed by atoms with Crippen LogP contribution in [0.1, 0.15) is 35.1 Å². The normalized spacial score (nSPS) is 20.9. The Bertz CT molecular complexity index is 1420. The lowest BCUT2D eigenvalue weighted by Crippen LogP contribution is -2.50. The van der Waals surface area contributed by atoms with E-state index >= 15 is 0 Å². The van der Waals surface area contributed by atoms with E-state index < -0.39 is 30.4 Å². The van der Waals surface area contributed by atoms with Crippen LogP contribution < -0.4 is 15.4 Å². The van der Waals surface area contributed by atoms with Crippen molar-refractivity contribution in [1.82, 2.24) is 10.6 Å². The van der Waals surface area contributed by atoms with Gasteiger partial charge in [-0.2, -0.15) is 0 Å². The van der Waals surface area contributed by atoms with E-state index in [1.165, 1.54) is 0 Å². The summed E-state index contributed by atoms with van der Waals surface area (Å²) >= 11 is 0. The van der Waals surface area contributed by atoms with Crippen molar-refractivity contribution in [2.24, 2.45) is 5.92 Å². The Morgan fingerprint density at radius 3 is 2.33 bits per heavy atom. The first-order chi connectivity index (χ1) is 21.8. The van der Waals surface area contributed by atoms with E-state index in [-0.39, 0.29) is 43.5 Å². The molecule has 0 radical (unpaired) electrons. The maximum atomic E-state index is 13.1. The van der Waals surface area contributed by atoms with Crippen LogP contribution in [0, 0.1) is 19.8 Å². The molecule has 0 aliphatic carbocycles. The van der Waals surface area contributed by atoms with Gasteiger partial charge in [-0.15, -0.1) is 0 Å². The van der Waals surface area contributed by atoms with Gasteiger partial charge in [0, 0.05) is 11.6 Å². The minimum absolute atomic E-state index is 0.00615. The number of aliphatic hydroxyl groups is 1. The first kappa shape index (κ1) is 32.3. The Kier molecular flexibility index (Phi) is 10.9. The molecular formula is C35H42N2O8. The van der Waals surface area contributed by atoms with Crippen molar-refractivity contribution >= 4 is 12.0 Å². The summed E-state index contributed by atoms with van der Waals surface area (Å²) in [6.45, 7) is 4.15. The molecule has 10 heteroatoms. The standard InChI is InChI=1S/C35H42N2O8/c1-22-13-14-29(38)23(2)33(22)43-21-32(40)36-26(17-24-9-5-3-6-10-24)19-30(39)28(18-25-11-7-4-8-12-25)37-35(41)45-31-20-44-34-27(31)15-16-42-34/h3-14,26-28,30-31,34,38-39H,15-21H2,1-2H3,(H,36,40)(H,37,41)/t26-,27-,28-,30-,31-,34+/m0/s1. The van der Waals surface area contributed by atoms with Gasteiger partial charge in [0.2, 0.25) is 0 Å². The quantitative estimate of drug-likeness (QED) is 0.226. The molecule has 2 saturated heterocycles. The molecule has 0 aromatic heterocycles. The van der Waals surface area contributed by atoms with E-state index in [2.05, 4.69) is 10.6 Å². The van der Waals surface area contributed by atoms with E-state index in [1.807, 2.05) is 67.6 Å². The van der Waals surface area contributed by atoms with Crippen LogP contribution in [0.25, 0.3) is 0 Å². The number of hydrogen-bond acceptors (Lipinski definition) is 8. The van der Waals surface area contributed by atoms with Gasteiger partial charge in [0.15, 0.2) is 12.9 Å². The Labute approximate surface area is 263 Å². The molecule has 4 N–H and O–H groups in total. The first-order valence-corrected chi connectivity index (χ1v) is 15.4. The van der Waals surface area contributed by atoms with Crippen molar-refractivity contribution in [2.75, 3.05) is 19.8 Å². The molecule has 45 heavy (non-hydrogen) atoms.